The average molecular weight is 466 g/mol. The molecule has 0 saturated heterocycles. The Morgan fingerprint density at radius 2 is 1.88 bits per heavy atom. The molecule has 0 unspecified atom stereocenters. The van der Waals surface area contributed by atoms with Crippen molar-refractivity contribution in [3.05, 3.63) is 82.4 Å². The zero-order chi connectivity index (χ0) is 24.2. The fourth-order valence-corrected chi connectivity index (χ4v) is 4.03. The highest BCUT2D eigenvalue weighted by Gasteiger charge is 2.08. The van der Waals surface area contributed by atoms with Crippen LogP contribution in [0.4, 0.5) is 10.8 Å². The first kappa shape index (κ1) is 26.1. The van der Waals surface area contributed by atoms with Crippen LogP contribution in [0.3, 0.4) is 0 Å². The molecular formula is C27H35N3O2S. The van der Waals surface area contributed by atoms with E-state index in [1.165, 1.54) is 46.6 Å². The third kappa shape index (κ3) is 8.39. The van der Waals surface area contributed by atoms with Crippen molar-refractivity contribution in [3.8, 4) is 0 Å². The third-order valence-corrected chi connectivity index (χ3v) is 5.79. The Kier molecular flexibility index (Phi) is 10.6. The minimum absolute atomic E-state index is 0.0759. The molecule has 6 heteroatoms. The quantitative estimate of drug-likeness (QED) is 0.280. The zero-order valence-corrected chi connectivity index (χ0v) is 20.9. The number of hydrogen-bond donors (Lipinski definition) is 3. The fraction of sp³-hybridized carbons (Fsp3) is 0.333. The Morgan fingerprint density at radius 3 is 2.55 bits per heavy atom. The second-order valence-electron chi connectivity index (χ2n) is 7.63. The van der Waals surface area contributed by atoms with E-state index in [9.17, 15) is 4.79 Å². The van der Waals surface area contributed by atoms with Crippen molar-refractivity contribution in [3.63, 3.8) is 0 Å². The van der Waals surface area contributed by atoms with Gasteiger partial charge in [-0.3, -0.25) is 4.79 Å². The summed E-state index contributed by atoms with van der Waals surface area (Å²) in [5.41, 5.74) is 7.31. The molecule has 0 aliphatic rings. The lowest BCUT2D eigenvalue weighted by Gasteiger charge is -2.14. The molecular weight excluding hydrogens is 430 g/mol. The normalized spacial score (nSPS) is 10.2. The van der Waals surface area contributed by atoms with Gasteiger partial charge in [-0.1, -0.05) is 75.7 Å². The molecule has 3 N–H and O–H groups in total. The summed E-state index contributed by atoms with van der Waals surface area (Å²) in [6.07, 6.45) is 3.40. The number of carbonyl (C=O) groups is 1. The number of hydrogen-bond acceptors (Lipinski definition) is 5. The summed E-state index contributed by atoms with van der Waals surface area (Å²) in [4.78, 5) is 15.1. The van der Waals surface area contributed by atoms with E-state index >= 15 is 0 Å². The minimum atomic E-state index is -0.886. The highest BCUT2D eigenvalue weighted by molar-refractivity contribution is 7.13. The molecule has 0 spiro atoms. The number of nitrogens with one attached hydrogen (secondary N) is 2. The van der Waals surface area contributed by atoms with E-state index in [1.54, 1.807) is 5.38 Å². The van der Waals surface area contributed by atoms with E-state index in [1.807, 2.05) is 26.0 Å². The lowest BCUT2D eigenvalue weighted by molar-refractivity contribution is -0.136. The minimum Gasteiger partial charge on any atom is -0.481 e. The summed E-state index contributed by atoms with van der Waals surface area (Å²) in [7, 11) is 0. The summed E-state index contributed by atoms with van der Waals surface area (Å²) in [5, 5.41) is 18.0. The van der Waals surface area contributed by atoms with Crippen LogP contribution < -0.4 is 10.6 Å². The van der Waals surface area contributed by atoms with Crippen molar-refractivity contribution in [2.75, 3.05) is 10.6 Å². The van der Waals surface area contributed by atoms with Crippen molar-refractivity contribution in [2.24, 2.45) is 0 Å². The number of carboxylic acids is 1. The van der Waals surface area contributed by atoms with Crippen LogP contribution >= 0.6 is 11.3 Å². The van der Waals surface area contributed by atoms with E-state index in [0.29, 0.717) is 10.8 Å². The van der Waals surface area contributed by atoms with Crippen LogP contribution in [0.1, 0.15) is 61.6 Å². The molecule has 0 aliphatic heterocycles. The first-order valence-corrected chi connectivity index (χ1v) is 12.4. The summed E-state index contributed by atoms with van der Waals surface area (Å²) in [6.45, 7) is 13.2. The predicted octanol–water partition coefficient (Wildman–Crippen LogP) is 7.14. The van der Waals surface area contributed by atoms with Gasteiger partial charge in [0.15, 0.2) is 5.13 Å². The zero-order valence-electron chi connectivity index (χ0n) is 20.1. The monoisotopic (exact) mass is 465 g/mol. The molecule has 3 rings (SSSR count). The van der Waals surface area contributed by atoms with Crippen LogP contribution in [-0.2, 0) is 24.2 Å². The molecule has 0 atom stereocenters. The summed E-state index contributed by atoms with van der Waals surface area (Å²) < 4.78 is 0. The number of rotatable bonds is 11. The van der Waals surface area contributed by atoms with Crippen molar-refractivity contribution in [1.29, 1.82) is 0 Å². The molecule has 0 amide bonds. The second kappa shape index (κ2) is 13.4. The Bertz CT molecular complexity index is 1040. The Morgan fingerprint density at radius 1 is 1.15 bits per heavy atom. The molecule has 2 aromatic carbocycles. The van der Waals surface area contributed by atoms with Crippen molar-refractivity contribution in [2.45, 2.75) is 59.9 Å². The maximum absolute atomic E-state index is 10.8. The van der Waals surface area contributed by atoms with Crippen LogP contribution in [-0.4, -0.2) is 16.1 Å². The highest BCUT2D eigenvalue weighted by atomic mass is 32.1. The smallest absolute Gasteiger partial charge is 0.309 e. The van der Waals surface area contributed by atoms with Crippen LogP contribution in [0.5, 0.6) is 0 Å². The molecule has 3 aromatic rings. The Hall–Kier alpha value is -3.12. The van der Waals surface area contributed by atoms with Crippen molar-refractivity contribution < 1.29 is 9.90 Å². The molecule has 1 heterocycles. The van der Waals surface area contributed by atoms with E-state index in [2.05, 4.69) is 66.4 Å². The topological polar surface area (TPSA) is 74.2 Å². The molecule has 0 saturated carbocycles. The Labute approximate surface area is 201 Å². The van der Waals surface area contributed by atoms with Crippen LogP contribution in [0.15, 0.2) is 54.4 Å². The molecule has 0 fully saturated rings. The van der Waals surface area contributed by atoms with Gasteiger partial charge in [0.2, 0.25) is 0 Å². The highest BCUT2D eigenvalue weighted by Crippen LogP contribution is 2.23. The SMILES string of the molecule is C=C(Nc1nc(CC(=O)O)cs1)c1ccc(CNc2ccc(C)cc2CCCC)cc1.CC. The van der Waals surface area contributed by atoms with Gasteiger partial charge in [-0.2, -0.15) is 0 Å². The number of anilines is 2. The average Bonchev–Trinajstić information content (AvgIpc) is 3.24. The fourth-order valence-electron chi connectivity index (χ4n) is 3.29. The molecule has 0 aliphatic carbocycles. The van der Waals surface area contributed by atoms with Gasteiger partial charge in [0.25, 0.3) is 0 Å². The largest absolute Gasteiger partial charge is 0.481 e. The number of aromatic nitrogens is 1. The number of carboxylic acid groups (broad SMARTS) is 1. The number of aliphatic carboxylic acids is 1. The summed E-state index contributed by atoms with van der Waals surface area (Å²) in [5.74, 6) is -0.886. The third-order valence-electron chi connectivity index (χ3n) is 4.99. The molecule has 0 bridgehead atoms. The second-order valence-corrected chi connectivity index (χ2v) is 8.49. The Balaban J connectivity index is 0.00000187. The lowest BCUT2D eigenvalue weighted by Crippen LogP contribution is -2.04. The van der Waals surface area contributed by atoms with E-state index in [4.69, 9.17) is 5.11 Å². The number of nitrogens with zero attached hydrogens (tertiary/aromatic N) is 1. The maximum atomic E-state index is 10.8. The number of benzene rings is 2. The standard InChI is InChI=1S/C25H29N3O2S.C2H6/c1-4-5-6-21-13-17(2)7-12-23(21)26-15-19-8-10-20(11-9-19)18(3)27-25-28-22(16-31-25)14-24(29)30;1-2/h7-13,16,26H,3-6,14-15H2,1-2H3,(H,27,28)(H,29,30);1-2H3. The maximum Gasteiger partial charge on any atom is 0.309 e. The molecule has 0 radical (unpaired) electrons. The van der Waals surface area contributed by atoms with Gasteiger partial charge < -0.3 is 15.7 Å². The van der Waals surface area contributed by atoms with Gasteiger partial charge in [0, 0.05) is 23.3 Å². The van der Waals surface area contributed by atoms with Gasteiger partial charge in [-0.05, 0) is 42.5 Å². The van der Waals surface area contributed by atoms with E-state index in [0.717, 1.165) is 24.2 Å². The van der Waals surface area contributed by atoms with Gasteiger partial charge in [-0.15, -0.1) is 11.3 Å². The summed E-state index contributed by atoms with van der Waals surface area (Å²) in [6, 6.07) is 14.8. The van der Waals surface area contributed by atoms with Gasteiger partial charge in [0.1, 0.15) is 0 Å². The van der Waals surface area contributed by atoms with Gasteiger partial charge >= 0.3 is 5.97 Å². The molecule has 176 valence electrons. The van der Waals surface area contributed by atoms with Crippen LogP contribution in [0, 0.1) is 6.92 Å². The van der Waals surface area contributed by atoms with E-state index in [-0.39, 0.29) is 6.42 Å². The molecule has 1 aromatic heterocycles. The van der Waals surface area contributed by atoms with Gasteiger partial charge in [-0.25, -0.2) is 4.98 Å². The first-order valence-electron chi connectivity index (χ1n) is 11.5. The van der Waals surface area contributed by atoms with Crippen LogP contribution in [0.2, 0.25) is 0 Å². The lowest BCUT2D eigenvalue weighted by atomic mass is 10.0. The first-order chi connectivity index (χ1) is 15.9. The molecule has 33 heavy (non-hydrogen) atoms. The molecule has 5 nitrogen and oxygen atoms in total. The number of aryl methyl sites for hydroxylation is 2. The van der Waals surface area contributed by atoms with Gasteiger partial charge in [0.05, 0.1) is 12.1 Å². The number of thiazole rings is 1. The van der Waals surface area contributed by atoms with Crippen LogP contribution in [0.25, 0.3) is 5.70 Å². The van der Waals surface area contributed by atoms with Crippen molar-refractivity contribution in [1.82, 2.24) is 4.98 Å². The van der Waals surface area contributed by atoms with Crippen molar-refractivity contribution >= 4 is 33.8 Å². The summed E-state index contributed by atoms with van der Waals surface area (Å²) >= 11 is 1.37. The number of unbranched alkanes of at least 4 members (excludes halogenated alkanes) is 1. The van der Waals surface area contributed by atoms with E-state index < -0.39 is 5.97 Å². The predicted molar refractivity (Wildman–Crippen MR) is 141 cm³/mol.